The fraction of sp³-hybridized carbons (Fsp3) is 0.615. The van der Waals surface area contributed by atoms with Crippen molar-refractivity contribution in [2.24, 2.45) is 5.41 Å². The van der Waals surface area contributed by atoms with Crippen LogP contribution in [0.2, 0.25) is 0 Å². The van der Waals surface area contributed by atoms with Crippen LogP contribution in [0, 0.1) is 5.41 Å². The lowest BCUT2D eigenvalue weighted by Crippen LogP contribution is -2.39. The Bertz CT molecular complexity index is 397. The summed E-state index contributed by atoms with van der Waals surface area (Å²) in [6.07, 6.45) is 7.14. The molecule has 4 nitrogen and oxygen atoms in total. The van der Waals surface area contributed by atoms with E-state index in [2.05, 4.69) is 9.97 Å². The van der Waals surface area contributed by atoms with Gasteiger partial charge in [-0.15, -0.1) is 0 Å². The summed E-state index contributed by atoms with van der Waals surface area (Å²) in [6.45, 7) is 6.71. The van der Waals surface area contributed by atoms with Gasteiger partial charge in [-0.05, 0) is 12.8 Å². The monoisotopic (exact) mass is 233 g/mol. The zero-order valence-electron chi connectivity index (χ0n) is 10.7. The van der Waals surface area contributed by atoms with Crippen molar-refractivity contribution in [3.8, 4) is 0 Å². The second-order valence-corrected chi connectivity index (χ2v) is 5.54. The Kier molecular flexibility index (Phi) is 3.13. The maximum atomic E-state index is 12.3. The number of rotatable bonds is 1. The second-order valence-electron chi connectivity index (χ2n) is 5.54. The van der Waals surface area contributed by atoms with Crippen LogP contribution in [0.1, 0.15) is 45.3 Å². The molecule has 1 saturated heterocycles. The fourth-order valence-electron chi connectivity index (χ4n) is 2.23. The van der Waals surface area contributed by atoms with Crippen molar-refractivity contribution < 1.29 is 4.79 Å². The molecule has 1 aliphatic rings. The molecule has 4 heteroatoms. The molecule has 0 bridgehead atoms. The van der Waals surface area contributed by atoms with Crippen molar-refractivity contribution in [2.45, 2.75) is 39.7 Å². The van der Waals surface area contributed by atoms with Crippen LogP contribution >= 0.6 is 0 Å². The Hall–Kier alpha value is -1.45. The first-order valence-electron chi connectivity index (χ1n) is 6.07. The summed E-state index contributed by atoms with van der Waals surface area (Å²) in [7, 11) is 0. The minimum Gasteiger partial charge on any atom is -0.334 e. The molecule has 1 fully saturated rings. The van der Waals surface area contributed by atoms with Gasteiger partial charge in [0.2, 0.25) is 5.91 Å². The molecule has 17 heavy (non-hydrogen) atoms. The molecule has 2 rings (SSSR count). The van der Waals surface area contributed by atoms with Crippen LogP contribution < -0.4 is 0 Å². The standard InChI is InChI=1S/C13H19N3O/c1-13(2,3)12(17)16-8-4-5-11(16)10-9-14-6-7-15-10/h6-7,9,11H,4-5,8H2,1-3H3. The number of hydrogen-bond acceptors (Lipinski definition) is 3. The van der Waals surface area contributed by atoms with Gasteiger partial charge in [0.05, 0.1) is 17.9 Å². The van der Waals surface area contributed by atoms with Gasteiger partial charge in [0.15, 0.2) is 0 Å². The highest BCUT2D eigenvalue weighted by atomic mass is 16.2. The van der Waals surface area contributed by atoms with E-state index in [1.807, 2.05) is 25.7 Å². The maximum absolute atomic E-state index is 12.3. The van der Waals surface area contributed by atoms with Crippen molar-refractivity contribution in [3.05, 3.63) is 24.3 Å². The lowest BCUT2D eigenvalue weighted by atomic mass is 9.94. The molecule has 1 unspecified atom stereocenters. The van der Waals surface area contributed by atoms with Gasteiger partial charge in [0, 0.05) is 24.4 Å². The average Bonchev–Trinajstić information content (AvgIpc) is 2.76. The lowest BCUT2D eigenvalue weighted by Gasteiger charge is -2.30. The molecular weight excluding hydrogens is 214 g/mol. The summed E-state index contributed by atoms with van der Waals surface area (Å²) in [4.78, 5) is 22.7. The van der Waals surface area contributed by atoms with E-state index in [1.54, 1.807) is 18.6 Å². The number of nitrogens with zero attached hydrogens (tertiary/aromatic N) is 3. The Balaban J connectivity index is 2.22. The van der Waals surface area contributed by atoms with Crippen LogP contribution in [0.3, 0.4) is 0 Å². The molecule has 0 radical (unpaired) electrons. The summed E-state index contributed by atoms with van der Waals surface area (Å²) in [5, 5.41) is 0. The van der Waals surface area contributed by atoms with Crippen molar-refractivity contribution in [1.29, 1.82) is 0 Å². The van der Waals surface area contributed by atoms with Crippen molar-refractivity contribution in [1.82, 2.24) is 14.9 Å². The molecular formula is C13H19N3O. The summed E-state index contributed by atoms with van der Waals surface area (Å²) in [6, 6.07) is 0.107. The summed E-state index contributed by atoms with van der Waals surface area (Å²) < 4.78 is 0. The van der Waals surface area contributed by atoms with Crippen LogP contribution in [0.15, 0.2) is 18.6 Å². The smallest absolute Gasteiger partial charge is 0.228 e. The third kappa shape index (κ3) is 2.46. The third-order valence-corrected chi connectivity index (χ3v) is 3.08. The SMILES string of the molecule is CC(C)(C)C(=O)N1CCCC1c1cnccn1. The highest BCUT2D eigenvalue weighted by Crippen LogP contribution is 2.33. The molecule has 2 heterocycles. The van der Waals surface area contributed by atoms with Crippen LogP contribution in [0.25, 0.3) is 0 Å². The molecule has 0 aliphatic carbocycles. The van der Waals surface area contributed by atoms with Gasteiger partial charge < -0.3 is 4.90 Å². The molecule has 0 aromatic carbocycles. The Morgan fingerprint density at radius 2 is 2.18 bits per heavy atom. The van der Waals surface area contributed by atoms with E-state index in [4.69, 9.17) is 0 Å². The van der Waals surface area contributed by atoms with Gasteiger partial charge in [-0.25, -0.2) is 0 Å². The van der Waals surface area contributed by atoms with Gasteiger partial charge in [-0.3, -0.25) is 14.8 Å². The quantitative estimate of drug-likeness (QED) is 0.747. The van der Waals surface area contributed by atoms with Crippen molar-refractivity contribution in [2.75, 3.05) is 6.54 Å². The number of carbonyl (C=O) groups excluding carboxylic acids is 1. The summed E-state index contributed by atoms with van der Waals surface area (Å²) in [5.41, 5.74) is 0.577. The predicted molar refractivity (Wildman–Crippen MR) is 65.2 cm³/mol. The van der Waals surface area contributed by atoms with E-state index in [-0.39, 0.29) is 17.4 Å². The van der Waals surface area contributed by atoms with E-state index in [1.165, 1.54) is 0 Å². The number of likely N-dealkylation sites (tertiary alicyclic amines) is 1. The first-order valence-corrected chi connectivity index (χ1v) is 6.07. The van der Waals surface area contributed by atoms with Crippen LogP contribution in [0.5, 0.6) is 0 Å². The van der Waals surface area contributed by atoms with Gasteiger partial charge in [0.1, 0.15) is 0 Å². The molecule has 1 aromatic rings. The van der Waals surface area contributed by atoms with Crippen LogP contribution in [0.4, 0.5) is 0 Å². The maximum Gasteiger partial charge on any atom is 0.228 e. The highest BCUT2D eigenvalue weighted by molar-refractivity contribution is 5.82. The molecule has 1 aromatic heterocycles. The summed E-state index contributed by atoms with van der Waals surface area (Å²) in [5.74, 6) is 0.200. The van der Waals surface area contributed by atoms with E-state index in [0.29, 0.717) is 0 Å². The van der Waals surface area contributed by atoms with Crippen molar-refractivity contribution in [3.63, 3.8) is 0 Å². The lowest BCUT2D eigenvalue weighted by molar-refractivity contribution is -0.140. The van der Waals surface area contributed by atoms with E-state index in [0.717, 1.165) is 25.1 Å². The Morgan fingerprint density at radius 3 is 2.76 bits per heavy atom. The van der Waals surface area contributed by atoms with Gasteiger partial charge in [0.25, 0.3) is 0 Å². The molecule has 1 amide bonds. The molecule has 1 atom stereocenters. The minimum atomic E-state index is -0.329. The van der Waals surface area contributed by atoms with E-state index in [9.17, 15) is 4.79 Å². The highest BCUT2D eigenvalue weighted by Gasteiger charge is 2.36. The normalized spacial score (nSPS) is 20.6. The minimum absolute atomic E-state index is 0.107. The Labute approximate surface area is 102 Å². The zero-order chi connectivity index (χ0) is 12.5. The van der Waals surface area contributed by atoms with Crippen LogP contribution in [-0.4, -0.2) is 27.3 Å². The third-order valence-electron chi connectivity index (χ3n) is 3.08. The van der Waals surface area contributed by atoms with Gasteiger partial charge in [-0.2, -0.15) is 0 Å². The zero-order valence-corrected chi connectivity index (χ0v) is 10.7. The predicted octanol–water partition coefficient (Wildman–Crippen LogP) is 2.19. The fourth-order valence-corrected chi connectivity index (χ4v) is 2.23. The molecule has 0 saturated carbocycles. The van der Waals surface area contributed by atoms with Crippen molar-refractivity contribution >= 4 is 5.91 Å². The molecule has 0 N–H and O–H groups in total. The van der Waals surface area contributed by atoms with Gasteiger partial charge >= 0.3 is 0 Å². The average molecular weight is 233 g/mol. The topological polar surface area (TPSA) is 46.1 Å². The number of amides is 1. The van der Waals surface area contributed by atoms with Gasteiger partial charge in [-0.1, -0.05) is 20.8 Å². The molecule has 0 spiro atoms. The summed E-state index contributed by atoms with van der Waals surface area (Å²) >= 11 is 0. The van der Waals surface area contributed by atoms with E-state index >= 15 is 0 Å². The number of aromatic nitrogens is 2. The first kappa shape index (κ1) is 12.0. The second kappa shape index (κ2) is 4.43. The van der Waals surface area contributed by atoms with Crippen LogP contribution in [-0.2, 0) is 4.79 Å². The van der Waals surface area contributed by atoms with E-state index < -0.39 is 0 Å². The molecule has 92 valence electrons. The Morgan fingerprint density at radius 1 is 1.41 bits per heavy atom. The first-order chi connectivity index (χ1) is 8.00. The molecule has 1 aliphatic heterocycles. The number of carbonyl (C=O) groups is 1. The number of hydrogen-bond donors (Lipinski definition) is 0. The largest absolute Gasteiger partial charge is 0.334 e.